The SMILES string of the molecule is CCN1C(=O)N(c2cc(C)ccc2C)[C@@H]2CS(=O)(=O)C[C@H]21. The molecule has 5 nitrogen and oxygen atoms in total. The van der Waals surface area contributed by atoms with Crippen LogP contribution in [0.3, 0.4) is 0 Å². The minimum absolute atomic E-state index is 0.0628. The first-order chi connectivity index (χ1) is 9.84. The molecule has 3 rings (SSSR count). The molecule has 2 amide bonds. The summed E-state index contributed by atoms with van der Waals surface area (Å²) in [5.41, 5.74) is 2.90. The number of hydrogen-bond donors (Lipinski definition) is 0. The summed E-state index contributed by atoms with van der Waals surface area (Å²) in [6.45, 7) is 6.36. The highest BCUT2D eigenvalue weighted by Gasteiger charge is 2.53. The molecule has 0 aliphatic carbocycles. The Kier molecular flexibility index (Phi) is 3.24. The fourth-order valence-corrected chi connectivity index (χ4v) is 5.36. The Morgan fingerprint density at radius 1 is 1.19 bits per heavy atom. The van der Waals surface area contributed by atoms with Gasteiger partial charge in [-0.25, -0.2) is 13.2 Å². The second-order valence-electron chi connectivity index (χ2n) is 5.94. The molecule has 0 radical (unpaired) electrons. The van der Waals surface area contributed by atoms with E-state index in [1.165, 1.54) is 0 Å². The van der Waals surface area contributed by atoms with Crippen molar-refractivity contribution >= 4 is 21.6 Å². The molecule has 2 aliphatic heterocycles. The monoisotopic (exact) mass is 308 g/mol. The Labute approximate surface area is 125 Å². The molecule has 2 fully saturated rings. The van der Waals surface area contributed by atoms with Crippen LogP contribution < -0.4 is 4.90 Å². The first-order valence-corrected chi connectivity index (χ1v) is 9.03. The summed E-state index contributed by atoms with van der Waals surface area (Å²) in [6, 6.07) is 5.39. The zero-order valence-corrected chi connectivity index (χ0v) is 13.4. The largest absolute Gasteiger partial charge is 0.325 e. The quantitative estimate of drug-likeness (QED) is 0.782. The fraction of sp³-hybridized carbons (Fsp3) is 0.533. The van der Waals surface area contributed by atoms with Gasteiger partial charge in [-0.05, 0) is 38.0 Å². The maximum atomic E-state index is 12.7. The molecule has 2 aliphatic rings. The van der Waals surface area contributed by atoms with Crippen molar-refractivity contribution in [2.75, 3.05) is 23.0 Å². The molecule has 0 spiro atoms. The lowest BCUT2D eigenvalue weighted by Crippen LogP contribution is -2.38. The van der Waals surface area contributed by atoms with E-state index in [1.807, 2.05) is 39.0 Å². The van der Waals surface area contributed by atoms with Crippen LogP contribution in [-0.2, 0) is 9.84 Å². The second-order valence-corrected chi connectivity index (χ2v) is 8.09. The summed E-state index contributed by atoms with van der Waals surface area (Å²) in [5, 5.41) is 0. The number of urea groups is 1. The minimum Gasteiger partial charge on any atom is -0.318 e. The number of rotatable bonds is 2. The van der Waals surface area contributed by atoms with Crippen molar-refractivity contribution < 1.29 is 13.2 Å². The molecule has 0 N–H and O–H groups in total. The van der Waals surface area contributed by atoms with Gasteiger partial charge in [-0.15, -0.1) is 0 Å². The van der Waals surface area contributed by atoms with Crippen LogP contribution in [0.15, 0.2) is 18.2 Å². The van der Waals surface area contributed by atoms with Gasteiger partial charge in [0.2, 0.25) is 0 Å². The fourth-order valence-electron chi connectivity index (χ4n) is 3.41. The van der Waals surface area contributed by atoms with E-state index in [0.717, 1.165) is 16.8 Å². The van der Waals surface area contributed by atoms with E-state index in [2.05, 4.69) is 0 Å². The zero-order chi connectivity index (χ0) is 15.4. The average Bonchev–Trinajstić information content (AvgIpc) is 2.82. The van der Waals surface area contributed by atoms with Gasteiger partial charge < -0.3 is 4.90 Å². The number of likely N-dealkylation sites (N-methyl/N-ethyl adjacent to an activating group) is 1. The van der Waals surface area contributed by atoms with Gasteiger partial charge in [0.15, 0.2) is 9.84 Å². The smallest absolute Gasteiger partial charge is 0.318 e. The number of anilines is 1. The van der Waals surface area contributed by atoms with Gasteiger partial charge in [0.05, 0.1) is 23.6 Å². The standard InChI is InChI=1S/C15H20N2O3S/c1-4-16-13-8-21(19,20)9-14(13)17(15(16)18)12-7-10(2)5-6-11(12)3/h5-7,13-14H,4,8-9H2,1-3H3/t13-,14-/m1/s1. The van der Waals surface area contributed by atoms with E-state index >= 15 is 0 Å². The summed E-state index contributed by atoms with van der Waals surface area (Å²) in [7, 11) is -3.07. The molecule has 0 unspecified atom stereocenters. The molecule has 2 heterocycles. The lowest BCUT2D eigenvalue weighted by molar-refractivity contribution is 0.212. The third kappa shape index (κ3) is 2.21. The normalized spacial score (nSPS) is 27.3. The topological polar surface area (TPSA) is 57.7 Å². The average molecular weight is 308 g/mol. The molecule has 2 atom stereocenters. The van der Waals surface area contributed by atoms with Crippen LogP contribution in [0.25, 0.3) is 0 Å². The third-order valence-corrected chi connectivity index (χ3v) is 6.14. The number of hydrogen-bond acceptors (Lipinski definition) is 3. The molecule has 6 heteroatoms. The van der Waals surface area contributed by atoms with Crippen molar-refractivity contribution in [1.29, 1.82) is 0 Å². The summed E-state index contributed by atoms with van der Waals surface area (Å²) in [6.07, 6.45) is 0. The van der Waals surface area contributed by atoms with Gasteiger partial charge in [-0.2, -0.15) is 0 Å². The third-order valence-electron chi connectivity index (χ3n) is 4.44. The van der Waals surface area contributed by atoms with Crippen LogP contribution in [0.1, 0.15) is 18.1 Å². The van der Waals surface area contributed by atoms with Gasteiger partial charge in [-0.3, -0.25) is 4.90 Å². The van der Waals surface area contributed by atoms with Gasteiger partial charge in [-0.1, -0.05) is 12.1 Å². The maximum Gasteiger partial charge on any atom is 0.325 e. The van der Waals surface area contributed by atoms with Crippen molar-refractivity contribution in [1.82, 2.24) is 4.90 Å². The number of carbonyl (C=O) groups is 1. The van der Waals surface area contributed by atoms with Crippen LogP contribution in [0, 0.1) is 13.8 Å². The Morgan fingerprint density at radius 3 is 2.52 bits per heavy atom. The van der Waals surface area contributed by atoms with E-state index < -0.39 is 9.84 Å². The Balaban J connectivity index is 2.09. The number of nitrogens with zero attached hydrogens (tertiary/aromatic N) is 2. The van der Waals surface area contributed by atoms with E-state index in [4.69, 9.17) is 0 Å². The van der Waals surface area contributed by atoms with E-state index in [0.29, 0.717) is 6.54 Å². The molecule has 0 saturated carbocycles. The number of benzene rings is 1. The predicted molar refractivity (Wildman–Crippen MR) is 82.4 cm³/mol. The van der Waals surface area contributed by atoms with Crippen LogP contribution in [0.4, 0.5) is 10.5 Å². The first-order valence-electron chi connectivity index (χ1n) is 7.21. The van der Waals surface area contributed by atoms with E-state index in [1.54, 1.807) is 9.80 Å². The molecular weight excluding hydrogens is 288 g/mol. The highest BCUT2D eigenvalue weighted by molar-refractivity contribution is 7.91. The van der Waals surface area contributed by atoms with Crippen LogP contribution >= 0.6 is 0 Å². The van der Waals surface area contributed by atoms with Crippen LogP contribution in [-0.4, -0.2) is 49.5 Å². The van der Waals surface area contributed by atoms with Crippen molar-refractivity contribution in [3.63, 3.8) is 0 Å². The van der Waals surface area contributed by atoms with Gasteiger partial charge in [0.1, 0.15) is 0 Å². The van der Waals surface area contributed by atoms with Gasteiger partial charge in [0.25, 0.3) is 0 Å². The first kappa shape index (κ1) is 14.4. The molecular formula is C15H20N2O3S. The van der Waals surface area contributed by atoms with Crippen molar-refractivity contribution in [2.24, 2.45) is 0 Å². The Bertz CT molecular complexity index is 699. The van der Waals surface area contributed by atoms with E-state index in [-0.39, 0.29) is 29.6 Å². The summed E-state index contributed by atoms with van der Waals surface area (Å²) in [5.74, 6) is 0.145. The van der Waals surface area contributed by atoms with Gasteiger partial charge in [0, 0.05) is 12.2 Å². The van der Waals surface area contributed by atoms with Crippen LogP contribution in [0.2, 0.25) is 0 Å². The maximum absolute atomic E-state index is 12.7. The van der Waals surface area contributed by atoms with E-state index in [9.17, 15) is 13.2 Å². The summed E-state index contributed by atoms with van der Waals surface area (Å²) >= 11 is 0. The molecule has 21 heavy (non-hydrogen) atoms. The van der Waals surface area contributed by atoms with Crippen LogP contribution in [0.5, 0.6) is 0 Å². The highest BCUT2D eigenvalue weighted by atomic mass is 32.2. The minimum atomic E-state index is -3.07. The Hall–Kier alpha value is -1.56. The highest BCUT2D eigenvalue weighted by Crippen LogP contribution is 2.36. The molecule has 0 bridgehead atoms. The molecule has 1 aromatic carbocycles. The number of carbonyl (C=O) groups excluding carboxylic acids is 1. The van der Waals surface area contributed by atoms with Crippen molar-refractivity contribution in [3.8, 4) is 0 Å². The number of sulfone groups is 1. The van der Waals surface area contributed by atoms with Crippen molar-refractivity contribution in [2.45, 2.75) is 32.9 Å². The van der Waals surface area contributed by atoms with Crippen molar-refractivity contribution in [3.05, 3.63) is 29.3 Å². The number of fused-ring (bicyclic) bond motifs is 1. The molecule has 0 aromatic heterocycles. The molecule has 114 valence electrons. The molecule has 1 aromatic rings. The zero-order valence-electron chi connectivity index (χ0n) is 12.5. The lowest BCUT2D eigenvalue weighted by atomic mass is 10.1. The second kappa shape index (κ2) is 4.73. The lowest BCUT2D eigenvalue weighted by Gasteiger charge is -2.24. The Morgan fingerprint density at radius 2 is 1.86 bits per heavy atom. The summed E-state index contributed by atoms with van der Waals surface area (Å²) < 4.78 is 24.0. The van der Waals surface area contributed by atoms with Gasteiger partial charge >= 0.3 is 6.03 Å². The number of aryl methyl sites for hydroxylation is 2. The predicted octanol–water partition coefficient (Wildman–Crippen LogP) is 1.73. The number of amides is 2. The molecule has 2 saturated heterocycles. The summed E-state index contributed by atoms with van der Waals surface area (Å²) in [4.78, 5) is 16.1.